The third-order valence-electron chi connectivity index (χ3n) is 4.21. The molecule has 2 amide bonds. The molecule has 27 heavy (non-hydrogen) atoms. The number of benzene rings is 2. The van der Waals surface area contributed by atoms with Crippen molar-refractivity contribution in [2.45, 2.75) is 26.2 Å². The maximum absolute atomic E-state index is 12.2. The van der Waals surface area contributed by atoms with Crippen molar-refractivity contribution in [3.63, 3.8) is 0 Å². The van der Waals surface area contributed by atoms with Crippen molar-refractivity contribution in [3.8, 4) is 11.5 Å². The van der Waals surface area contributed by atoms with E-state index in [0.29, 0.717) is 30.2 Å². The van der Waals surface area contributed by atoms with Crippen molar-refractivity contribution in [1.29, 1.82) is 0 Å². The number of rotatable bonds is 8. The van der Waals surface area contributed by atoms with E-state index in [1.807, 2.05) is 37.3 Å². The Morgan fingerprint density at radius 2 is 1.89 bits per heavy atom. The molecule has 1 aliphatic heterocycles. The molecule has 2 aromatic carbocycles. The van der Waals surface area contributed by atoms with Gasteiger partial charge in [0.1, 0.15) is 11.5 Å². The van der Waals surface area contributed by atoms with Crippen molar-refractivity contribution in [1.82, 2.24) is 0 Å². The third-order valence-corrected chi connectivity index (χ3v) is 4.21. The molecule has 0 unspecified atom stereocenters. The summed E-state index contributed by atoms with van der Waals surface area (Å²) in [5.74, 6) is 1.11. The average molecular weight is 368 g/mol. The maximum atomic E-state index is 12.2. The second-order valence-electron chi connectivity index (χ2n) is 6.32. The van der Waals surface area contributed by atoms with Crippen LogP contribution in [-0.4, -0.2) is 31.6 Å². The van der Waals surface area contributed by atoms with Crippen LogP contribution in [0.4, 0.5) is 11.4 Å². The summed E-state index contributed by atoms with van der Waals surface area (Å²) in [6.45, 7) is 3.26. The summed E-state index contributed by atoms with van der Waals surface area (Å²) in [5.41, 5.74) is 1.48. The van der Waals surface area contributed by atoms with Crippen LogP contribution in [0, 0.1) is 0 Å². The summed E-state index contributed by atoms with van der Waals surface area (Å²) in [6, 6.07) is 14.5. The summed E-state index contributed by atoms with van der Waals surface area (Å²) in [6.07, 6.45) is 2.38. The van der Waals surface area contributed by atoms with Crippen LogP contribution in [0.1, 0.15) is 26.2 Å². The lowest BCUT2D eigenvalue weighted by molar-refractivity contribution is -0.118. The summed E-state index contributed by atoms with van der Waals surface area (Å²) < 4.78 is 11.2. The lowest BCUT2D eigenvalue weighted by Crippen LogP contribution is -2.23. The van der Waals surface area contributed by atoms with Crippen LogP contribution in [0.5, 0.6) is 11.5 Å². The van der Waals surface area contributed by atoms with Gasteiger partial charge in [-0.25, -0.2) is 0 Å². The second kappa shape index (κ2) is 9.07. The average Bonchev–Trinajstić information content (AvgIpc) is 3.12. The van der Waals surface area contributed by atoms with E-state index < -0.39 is 0 Å². The van der Waals surface area contributed by atoms with Crippen LogP contribution in [0.25, 0.3) is 0 Å². The lowest BCUT2D eigenvalue weighted by atomic mass is 10.3. The number of para-hydroxylation sites is 2. The Labute approximate surface area is 159 Å². The molecule has 6 nitrogen and oxygen atoms in total. The van der Waals surface area contributed by atoms with Crippen LogP contribution < -0.4 is 19.7 Å². The van der Waals surface area contributed by atoms with E-state index in [9.17, 15) is 9.59 Å². The highest BCUT2D eigenvalue weighted by Crippen LogP contribution is 2.25. The molecule has 0 saturated carbocycles. The molecule has 0 aliphatic carbocycles. The first-order valence-corrected chi connectivity index (χ1v) is 9.22. The van der Waals surface area contributed by atoms with Crippen LogP contribution in [0.2, 0.25) is 0 Å². The fourth-order valence-corrected chi connectivity index (χ4v) is 2.89. The van der Waals surface area contributed by atoms with E-state index in [1.54, 1.807) is 23.1 Å². The number of anilines is 2. The molecule has 142 valence electrons. The summed E-state index contributed by atoms with van der Waals surface area (Å²) in [4.78, 5) is 25.7. The van der Waals surface area contributed by atoms with Gasteiger partial charge in [-0.1, -0.05) is 19.1 Å². The van der Waals surface area contributed by atoms with Gasteiger partial charge in [-0.15, -0.1) is 0 Å². The highest BCUT2D eigenvalue weighted by atomic mass is 16.5. The summed E-state index contributed by atoms with van der Waals surface area (Å²) >= 11 is 0. The minimum absolute atomic E-state index is 0.107. The monoisotopic (exact) mass is 368 g/mol. The molecular formula is C21H24N2O4. The minimum atomic E-state index is -0.263. The number of nitrogens with zero attached hydrogens (tertiary/aromatic N) is 1. The van der Waals surface area contributed by atoms with Gasteiger partial charge in [0.25, 0.3) is 5.91 Å². The zero-order valence-electron chi connectivity index (χ0n) is 15.4. The number of hydrogen-bond acceptors (Lipinski definition) is 4. The first-order valence-electron chi connectivity index (χ1n) is 9.22. The Morgan fingerprint density at radius 1 is 1.11 bits per heavy atom. The van der Waals surface area contributed by atoms with Crippen LogP contribution >= 0.6 is 0 Å². The van der Waals surface area contributed by atoms with E-state index in [1.165, 1.54) is 0 Å². The first kappa shape index (κ1) is 18.8. The standard InChI is InChI=1S/C21H24N2O4/c1-2-14-26-19-7-4-3-6-18(19)22-20(24)15-27-17-11-9-16(10-12-17)23-13-5-8-21(23)25/h3-4,6-7,9-12H,2,5,8,13-15H2,1H3,(H,22,24). The molecule has 2 aromatic rings. The Bertz CT molecular complexity index is 789. The molecule has 6 heteroatoms. The molecule has 0 aromatic heterocycles. The fraction of sp³-hybridized carbons (Fsp3) is 0.333. The molecule has 1 fully saturated rings. The Morgan fingerprint density at radius 3 is 2.59 bits per heavy atom. The largest absolute Gasteiger partial charge is 0.491 e. The van der Waals surface area contributed by atoms with E-state index in [2.05, 4.69) is 5.32 Å². The Kier molecular flexibility index (Phi) is 6.30. The van der Waals surface area contributed by atoms with Crippen molar-refractivity contribution < 1.29 is 19.1 Å². The van der Waals surface area contributed by atoms with E-state index in [0.717, 1.165) is 25.1 Å². The smallest absolute Gasteiger partial charge is 0.262 e. The predicted molar refractivity (Wildman–Crippen MR) is 104 cm³/mol. The molecule has 0 atom stereocenters. The second-order valence-corrected chi connectivity index (χ2v) is 6.32. The third kappa shape index (κ3) is 5.00. The zero-order chi connectivity index (χ0) is 19.1. The molecule has 1 saturated heterocycles. The molecule has 1 N–H and O–H groups in total. The van der Waals surface area contributed by atoms with Crippen LogP contribution in [0.3, 0.4) is 0 Å². The van der Waals surface area contributed by atoms with Gasteiger partial charge in [0, 0.05) is 18.7 Å². The SMILES string of the molecule is CCCOc1ccccc1NC(=O)COc1ccc(N2CCCC2=O)cc1. The number of carbonyl (C=O) groups excluding carboxylic acids is 2. The van der Waals surface area contributed by atoms with Crippen molar-refractivity contribution >= 4 is 23.2 Å². The molecule has 1 aliphatic rings. The molecule has 0 bridgehead atoms. The molecule has 0 spiro atoms. The first-order chi connectivity index (χ1) is 13.2. The zero-order valence-corrected chi connectivity index (χ0v) is 15.4. The van der Waals surface area contributed by atoms with Gasteiger partial charge < -0.3 is 19.7 Å². The fourth-order valence-electron chi connectivity index (χ4n) is 2.89. The van der Waals surface area contributed by atoms with Crippen LogP contribution in [-0.2, 0) is 9.59 Å². The molecule has 3 rings (SSSR count). The highest BCUT2D eigenvalue weighted by Gasteiger charge is 2.21. The number of hydrogen-bond donors (Lipinski definition) is 1. The predicted octanol–water partition coefficient (Wildman–Crippen LogP) is 3.62. The van der Waals surface area contributed by atoms with Gasteiger partial charge >= 0.3 is 0 Å². The van der Waals surface area contributed by atoms with Gasteiger partial charge in [0.05, 0.1) is 12.3 Å². The van der Waals surface area contributed by atoms with E-state index in [-0.39, 0.29) is 18.4 Å². The Hall–Kier alpha value is -3.02. The normalized spacial score (nSPS) is 13.5. The summed E-state index contributed by atoms with van der Waals surface area (Å²) in [7, 11) is 0. The lowest BCUT2D eigenvalue weighted by Gasteiger charge is -2.16. The van der Waals surface area contributed by atoms with Crippen molar-refractivity contribution in [2.75, 3.05) is 30.0 Å². The van der Waals surface area contributed by atoms with Crippen molar-refractivity contribution in [2.24, 2.45) is 0 Å². The van der Waals surface area contributed by atoms with Gasteiger partial charge in [-0.3, -0.25) is 9.59 Å². The minimum Gasteiger partial charge on any atom is -0.491 e. The summed E-state index contributed by atoms with van der Waals surface area (Å²) in [5, 5.41) is 2.81. The molecule has 0 radical (unpaired) electrons. The number of amides is 2. The number of carbonyl (C=O) groups is 2. The topological polar surface area (TPSA) is 67.9 Å². The van der Waals surface area contributed by atoms with E-state index in [4.69, 9.17) is 9.47 Å². The highest BCUT2D eigenvalue weighted by molar-refractivity contribution is 5.95. The van der Waals surface area contributed by atoms with Gasteiger partial charge in [0.2, 0.25) is 5.91 Å². The van der Waals surface area contributed by atoms with Gasteiger partial charge in [0.15, 0.2) is 6.61 Å². The van der Waals surface area contributed by atoms with E-state index >= 15 is 0 Å². The quantitative estimate of drug-likeness (QED) is 0.773. The van der Waals surface area contributed by atoms with Crippen molar-refractivity contribution in [3.05, 3.63) is 48.5 Å². The van der Waals surface area contributed by atoms with Gasteiger partial charge in [-0.05, 0) is 49.2 Å². The molecular weight excluding hydrogens is 344 g/mol. The Balaban J connectivity index is 1.53. The number of ether oxygens (including phenoxy) is 2. The van der Waals surface area contributed by atoms with Crippen LogP contribution in [0.15, 0.2) is 48.5 Å². The number of nitrogens with one attached hydrogen (secondary N) is 1. The maximum Gasteiger partial charge on any atom is 0.262 e. The van der Waals surface area contributed by atoms with Gasteiger partial charge in [-0.2, -0.15) is 0 Å². The molecule has 1 heterocycles.